The highest BCUT2D eigenvalue weighted by atomic mass is 79.9. The molecule has 0 unspecified atom stereocenters. The molecule has 0 atom stereocenters. The van der Waals surface area contributed by atoms with Crippen LogP contribution in [0.2, 0.25) is 0 Å². The van der Waals surface area contributed by atoms with E-state index in [0.717, 1.165) is 16.5 Å². The smallest absolute Gasteiger partial charge is 0.282 e. The Kier molecular flexibility index (Phi) is 8.34. The molecule has 0 radical (unpaired) electrons. The molecule has 0 amide bonds. The van der Waals surface area contributed by atoms with Crippen LogP contribution in [0.25, 0.3) is 10.9 Å². The zero-order chi connectivity index (χ0) is 26.5. The summed E-state index contributed by atoms with van der Waals surface area (Å²) in [6, 6.07) is 15.0. The topological polar surface area (TPSA) is 109 Å². The molecule has 190 valence electrons. The van der Waals surface area contributed by atoms with Crippen LogP contribution < -0.4 is 15.0 Å². The molecule has 0 saturated heterocycles. The number of hydrogen-bond donors (Lipinski definition) is 0. The predicted octanol–water partition coefficient (Wildman–Crippen LogP) is 6.25. The Morgan fingerprint density at radius 2 is 1.86 bits per heavy atom. The van der Waals surface area contributed by atoms with Crippen molar-refractivity contribution in [3.05, 3.63) is 101 Å². The number of nitrogens with zero attached hydrogens (tertiary/aromatic N) is 4. The van der Waals surface area contributed by atoms with Gasteiger partial charge in [-0.05, 0) is 70.4 Å². The molecule has 4 aromatic rings. The molecule has 0 bridgehead atoms. The molecule has 0 aliphatic heterocycles. The number of benzene rings is 3. The number of fused-ring (bicyclic) bond motifs is 1. The monoisotopic (exact) mass is 628 g/mol. The Morgan fingerprint density at radius 3 is 2.54 bits per heavy atom. The normalized spacial score (nSPS) is 11.2. The molecule has 9 nitrogen and oxygen atoms in total. The van der Waals surface area contributed by atoms with Crippen LogP contribution in [0, 0.1) is 10.1 Å². The van der Waals surface area contributed by atoms with E-state index in [9.17, 15) is 14.9 Å². The molecule has 1 aromatic heterocycles. The van der Waals surface area contributed by atoms with Crippen molar-refractivity contribution in [2.45, 2.75) is 26.4 Å². The van der Waals surface area contributed by atoms with Crippen molar-refractivity contribution in [2.75, 3.05) is 7.11 Å². The Balaban J connectivity index is 1.63. The number of ether oxygens (including phenoxy) is 2. The van der Waals surface area contributed by atoms with Crippen molar-refractivity contribution in [1.82, 2.24) is 9.66 Å². The molecular formula is C26H22Br2N4O5. The lowest BCUT2D eigenvalue weighted by atomic mass is 10.2. The lowest BCUT2D eigenvalue weighted by Gasteiger charge is -2.13. The first-order chi connectivity index (χ1) is 17.8. The third kappa shape index (κ3) is 6.05. The zero-order valence-electron chi connectivity index (χ0n) is 20.0. The van der Waals surface area contributed by atoms with Gasteiger partial charge in [-0.3, -0.25) is 14.9 Å². The summed E-state index contributed by atoms with van der Waals surface area (Å²) in [4.78, 5) is 28.3. The summed E-state index contributed by atoms with van der Waals surface area (Å²) in [5.41, 5.74) is 1.83. The average Bonchev–Trinajstić information content (AvgIpc) is 2.89. The highest BCUT2D eigenvalue weighted by molar-refractivity contribution is 9.10. The maximum Gasteiger partial charge on any atom is 0.282 e. The summed E-state index contributed by atoms with van der Waals surface area (Å²) in [7, 11) is 1.53. The molecule has 11 heteroatoms. The van der Waals surface area contributed by atoms with Crippen LogP contribution in [0.5, 0.6) is 11.5 Å². The van der Waals surface area contributed by atoms with Gasteiger partial charge >= 0.3 is 0 Å². The fraction of sp³-hybridized carbons (Fsp3) is 0.192. The van der Waals surface area contributed by atoms with Gasteiger partial charge in [0.25, 0.3) is 11.2 Å². The maximum absolute atomic E-state index is 13.2. The first kappa shape index (κ1) is 26.5. The fourth-order valence-corrected chi connectivity index (χ4v) is 4.40. The van der Waals surface area contributed by atoms with Gasteiger partial charge in [0.05, 0.1) is 29.2 Å². The second kappa shape index (κ2) is 11.7. The molecule has 0 fully saturated rings. The van der Waals surface area contributed by atoms with Gasteiger partial charge in [-0.25, -0.2) is 4.98 Å². The maximum atomic E-state index is 13.2. The summed E-state index contributed by atoms with van der Waals surface area (Å²) < 4.78 is 14.2. The van der Waals surface area contributed by atoms with Crippen LogP contribution >= 0.6 is 31.9 Å². The van der Waals surface area contributed by atoms with Crippen LogP contribution in [-0.2, 0) is 13.0 Å². The predicted molar refractivity (Wildman–Crippen MR) is 149 cm³/mol. The molecule has 0 aliphatic carbocycles. The van der Waals surface area contributed by atoms with Crippen LogP contribution in [-0.4, -0.2) is 27.9 Å². The number of halogens is 2. The van der Waals surface area contributed by atoms with E-state index in [1.165, 1.54) is 23.9 Å². The molecule has 0 aliphatic rings. The summed E-state index contributed by atoms with van der Waals surface area (Å²) >= 11 is 6.95. The minimum atomic E-state index is -0.447. The van der Waals surface area contributed by atoms with E-state index >= 15 is 0 Å². The zero-order valence-corrected chi connectivity index (χ0v) is 23.2. The molecule has 0 N–H and O–H groups in total. The molecule has 3 aromatic carbocycles. The van der Waals surface area contributed by atoms with Gasteiger partial charge in [0.1, 0.15) is 12.4 Å². The number of aryl methyl sites for hydroxylation is 1. The Bertz CT molecular complexity index is 1550. The molecule has 0 saturated carbocycles. The van der Waals surface area contributed by atoms with Crippen molar-refractivity contribution >= 4 is 54.7 Å². The minimum absolute atomic E-state index is 0.0168. The number of aromatic nitrogens is 2. The SMILES string of the molecule is CCCc1nc2ccc(Br)cc2c(=O)n1N=Cc1cc(OC)c(OCc2ccc([N+](=O)[O-])cc2)cc1Br. The fourth-order valence-electron chi connectivity index (χ4n) is 3.62. The van der Waals surface area contributed by atoms with E-state index < -0.39 is 4.92 Å². The van der Waals surface area contributed by atoms with E-state index in [0.29, 0.717) is 44.7 Å². The van der Waals surface area contributed by atoms with E-state index in [-0.39, 0.29) is 17.9 Å². The van der Waals surface area contributed by atoms with Gasteiger partial charge in [-0.15, -0.1) is 0 Å². The van der Waals surface area contributed by atoms with Crippen LogP contribution in [0.4, 0.5) is 5.69 Å². The number of nitro benzene ring substituents is 1. The molecule has 0 spiro atoms. The van der Waals surface area contributed by atoms with Gasteiger partial charge in [-0.2, -0.15) is 9.78 Å². The number of hydrogen-bond acceptors (Lipinski definition) is 7. The van der Waals surface area contributed by atoms with E-state index in [2.05, 4.69) is 41.9 Å². The third-order valence-corrected chi connectivity index (χ3v) is 6.67. The minimum Gasteiger partial charge on any atom is -0.493 e. The summed E-state index contributed by atoms with van der Waals surface area (Å²) in [6.07, 6.45) is 2.97. The summed E-state index contributed by atoms with van der Waals surface area (Å²) in [6.45, 7) is 2.21. The lowest BCUT2D eigenvalue weighted by Crippen LogP contribution is -2.22. The second-order valence-electron chi connectivity index (χ2n) is 8.04. The molecule has 37 heavy (non-hydrogen) atoms. The van der Waals surface area contributed by atoms with Crippen molar-refractivity contribution in [3.8, 4) is 11.5 Å². The quantitative estimate of drug-likeness (QED) is 0.123. The van der Waals surface area contributed by atoms with Gasteiger partial charge < -0.3 is 9.47 Å². The second-order valence-corrected chi connectivity index (χ2v) is 9.81. The van der Waals surface area contributed by atoms with E-state index in [4.69, 9.17) is 9.47 Å². The average molecular weight is 630 g/mol. The number of rotatable bonds is 9. The molecule has 1 heterocycles. The first-order valence-electron chi connectivity index (χ1n) is 11.3. The van der Waals surface area contributed by atoms with E-state index in [1.54, 1.807) is 36.5 Å². The van der Waals surface area contributed by atoms with Crippen LogP contribution in [0.1, 0.15) is 30.3 Å². The van der Waals surface area contributed by atoms with E-state index in [1.807, 2.05) is 19.1 Å². The third-order valence-electron chi connectivity index (χ3n) is 5.49. The first-order valence-corrected chi connectivity index (χ1v) is 12.9. The van der Waals surface area contributed by atoms with Crippen molar-refractivity contribution in [2.24, 2.45) is 5.10 Å². The van der Waals surface area contributed by atoms with Gasteiger partial charge in [0.2, 0.25) is 0 Å². The van der Waals surface area contributed by atoms with Crippen molar-refractivity contribution in [3.63, 3.8) is 0 Å². The Morgan fingerprint density at radius 1 is 1.11 bits per heavy atom. The standard InChI is InChI=1S/C26H22Br2N4O5/c1-3-4-25-30-22-10-7-18(27)12-20(22)26(33)31(25)29-14-17-11-23(36-2)24(13-21(17)28)37-15-16-5-8-19(9-6-16)32(34)35/h5-14H,3-4,15H2,1-2H3. The van der Waals surface area contributed by atoms with Crippen LogP contribution in [0.15, 0.2) is 73.4 Å². The lowest BCUT2D eigenvalue weighted by molar-refractivity contribution is -0.384. The Labute approximate surface area is 229 Å². The number of non-ortho nitro benzene ring substituents is 1. The number of methoxy groups -OCH3 is 1. The molecular weight excluding hydrogens is 608 g/mol. The largest absolute Gasteiger partial charge is 0.493 e. The van der Waals surface area contributed by atoms with Gasteiger partial charge in [0.15, 0.2) is 11.5 Å². The molecule has 4 rings (SSSR count). The Hall–Kier alpha value is -3.57. The van der Waals surface area contributed by atoms with Crippen molar-refractivity contribution < 1.29 is 14.4 Å². The van der Waals surface area contributed by atoms with Gasteiger partial charge in [-0.1, -0.05) is 22.9 Å². The summed E-state index contributed by atoms with van der Waals surface area (Å²) in [5.74, 6) is 1.52. The summed E-state index contributed by atoms with van der Waals surface area (Å²) in [5, 5.41) is 15.8. The number of nitro groups is 1. The van der Waals surface area contributed by atoms with Gasteiger partial charge in [0, 0.05) is 33.1 Å². The highest BCUT2D eigenvalue weighted by Crippen LogP contribution is 2.33. The highest BCUT2D eigenvalue weighted by Gasteiger charge is 2.13. The van der Waals surface area contributed by atoms with Crippen molar-refractivity contribution in [1.29, 1.82) is 0 Å². The van der Waals surface area contributed by atoms with Crippen LogP contribution in [0.3, 0.4) is 0 Å².